The normalized spacial score (nSPS) is 14.8. The molecule has 0 atom stereocenters. The van der Waals surface area contributed by atoms with Gasteiger partial charge < -0.3 is 4.74 Å². The summed E-state index contributed by atoms with van der Waals surface area (Å²) in [4.78, 5) is 12.1. The number of hydrogen-bond donors (Lipinski definition) is 0. The number of Topliss-reactive ketones (excluding diaryl/α,β-unsaturated/α-hetero) is 1. The van der Waals surface area contributed by atoms with Crippen LogP contribution in [-0.4, -0.2) is 5.78 Å². The minimum Gasteiger partial charge on any atom is -0.489 e. The second kappa shape index (κ2) is 6.97. The van der Waals surface area contributed by atoms with E-state index in [1.165, 1.54) is 12.1 Å². The lowest BCUT2D eigenvalue weighted by Crippen LogP contribution is -2.08. The van der Waals surface area contributed by atoms with Gasteiger partial charge in [-0.05, 0) is 35.4 Å². The molecule has 0 unspecified atom stereocenters. The molecule has 0 N–H and O–H groups in total. The summed E-state index contributed by atoms with van der Waals surface area (Å²) in [5.74, 6) is 0.394. The van der Waals surface area contributed by atoms with E-state index in [2.05, 4.69) is 0 Å². The molecule has 2 nitrogen and oxygen atoms in total. The number of benzene rings is 2. The molecule has 0 fully saturated rings. The highest BCUT2D eigenvalue weighted by Gasteiger charge is 2.30. The van der Waals surface area contributed by atoms with Crippen LogP contribution in [-0.2, 0) is 22.3 Å². The van der Waals surface area contributed by atoms with Crippen molar-refractivity contribution in [3.8, 4) is 0 Å². The second-order valence-electron chi connectivity index (χ2n) is 5.64. The molecule has 0 radical (unpaired) electrons. The third-order valence-electron chi connectivity index (χ3n) is 3.85. The summed E-state index contributed by atoms with van der Waals surface area (Å²) in [6.45, 7) is 0.359. The lowest BCUT2D eigenvalue weighted by molar-refractivity contribution is -0.137. The summed E-state index contributed by atoms with van der Waals surface area (Å²) >= 11 is 0. The van der Waals surface area contributed by atoms with Crippen molar-refractivity contribution in [1.29, 1.82) is 0 Å². The molecule has 0 heterocycles. The monoisotopic (exact) mass is 344 g/mol. The van der Waals surface area contributed by atoms with E-state index in [1.807, 2.05) is 30.3 Å². The Bertz CT molecular complexity index is 816. The van der Waals surface area contributed by atoms with E-state index in [9.17, 15) is 18.0 Å². The Balaban J connectivity index is 1.76. The number of allylic oxidation sites excluding steroid dienone is 3. The van der Waals surface area contributed by atoms with Crippen molar-refractivity contribution >= 4 is 11.4 Å². The smallest absolute Gasteiger partial charge is 0.416 e. The van der Waals surface area contributed by atoms with E-state index >= 15 is 0 Å². The number of rotatable bonds is 4. The molecule has 0 saturated carbocycles. The minimum atomic E-state index is -4.40. The van der Waals surface area contributed by atoms with Gasteiger partial charge in [-0.15, -0.1) is 0 Å². The van der Waals surface area contributed by atoms with Crippen LogP contribution >= 0.6 is 0 Å². The van der Waals surface area contributed by atoms with Crippen LogP contribution in [0.25, 0.3) is 5.57 Å². The van der Waals surface area contributed by atoms with Crippen LogP contribution in [0.15, 0.2) is 72.5 Å². The van der Waals surface area contributed by atoms with Crippen LogP contribution in [0.3, 0.4) is 0 Å². The van der Waals surface area contributed by atoms with Crippen molar-refractivity contribution in [1.82, 2.24) is 0 Å². The molecule has 128 valence electrons. The highest BCUT2D eigenvalue weighted by Crippen LogP contribution is 2.31. The molecule has 0 bridgehead atoms. The third kappa shape index (κ3) is 4.18. The van der Waals surface area contributed by atoms with Gasteiger partial charge in [0, 0.05) is 12.0 Å². The summed E-state index contributed by atoms with van der Waals surface area (Å²) in [6.07, 6.45) is -0.972. The highest BCUT2D eigenvalue weighted by molar-refractivity contribution is 6.22. The maximum Gasteiger partial charge on any atom is 0.416 e. The van der Waals surface area contributed by atoms with Crippen molar-refractivity contribution < 1.29 is 22.7 Å². The molecule has 25 heavy (non-hydrogen) atoms. The fraction of sp³-hybridized carbons (Fsp3) is 0.150. The number of carbonyl (C=O) groups is 1. The van der Waals surface area contributed by atoms with Gasteiger partial charge in [0.2, 0.25) is 0 Å². The molecule has 0 aromatic heterocycles. The Morgan fingerprint density at radius 3 is 2.28 bits per heavy atom. The molecule has 5 heteroatoms. The number of hydrogen-bond acceptors (Lipinski definition) is 2. The SMILES string of the molecule is O=C1CC=C(OCc2ccccc2)C=C1c1ccc(C(F)(F)F)cc1. The summed E-state index contributed by atoms with van der Waals surface area (Å²) in [7, 11) is 0. The van der Waals surface area contributed by atoms with Crippen molar-refractivity contribution in [2.75, 3.05) is 0 Å². The number of carbonyl (C=O) groups excluding carboxylic acids is 1. The van der Waals surface area contributed by atoms with Crippen LogP contribution in [0.1, 0.15) is 23.1 Å². The van der Waals surface area contributed by atoms with Gasteiger partial charge in [0.1, 0.15) is 12.4 Å². The van der Waals surface area contributed by atoms with Crippen LogP contribution in [0.5, 0.6) is 0 Å². The van der Waals surface area contributed by atoms with E-state index < -0.39 is 11.7 Å². The number of alkyl halides is 3. The van der Waals surface area contributed by atoms with Gasteiger partial charge in [0.05, 0.1) is 5.56 Å². The standard InChI is InChI=1S/C20H15F3O2/c21-20(22,23)16-8-6-15(7-9-16)18-12-17(10-11-19(18)24)25-13-14-4-2-1-3-5-14/h1-10,12H,11,13H2. The Morgan fingerprint density at radius 1 is 0.960 bits per heavy atom. The average molecular weight is 344 g/mol. The van der Waals surface area contributed by atoms with E-state index in [0.717, 1.165) is 17.7 Å². The first kappa shape index (κ1) is 17.0. The largest absolute Gasteiger partial charge is 0.489 e. The number of halogens is 3. The predicted molar refractivity (Wildman–Crippen MR) is 88.4 cm³/mol. The van der Waals surface area contributed by atoms with E-state index in [0.29, 0.717) is 23.5 Å². The lowest BCUT2D eigenvalue weighted by atomic mass is 9.94. The number of ketones is 1. The first-order chi connectivity index (χ1) is 11.9. The Morgan fingerprint density at radius 2 is 1.64 bits per heavy atom. The van der Waals surface area contributed by atoms with Crippen molar-refractivity contribution in [2.24, 2.45) is 0 Å². The quantitative estimate of drug-likeness (QED) is 0.765. The average Bonchev–Trinajstić information content (AvgIpc) is 2.61. The van der Waals surface area contributed by atoms with Crippen LogP contribution < -0.4 is 0 Å². The second-order valence-corrected chi connectivity index (χ2v) is 5.64. The fourth-order valence-electron chi connectivity index (χ4n) is 2.51. The molecule has 3 rings (SSSR count). The van der Waals surface area contributed by atoms with Gasteiger partial charge in [-0.25, -0.2) is 0 Å². The van der Waals surface area contributed by atoms with Crippen LogP contribution in [0, 0.1) is 0 Å². The van der Waals surface area contributed by atoms with Gasteiger partial charge in [-0.3, -0.25) is 4.79 Å². The van der Waals surface area contributed by atoms with Crippen molar-refractivity contribution in [2.45, 2.75) is 19.2 Å². The van der Waals surface area contributed by atoms with Crippen LogP contribution in [0.2, 0.25) is 0 Å². The molecule has 0 aliphatic heterocycles. The van der Waals surface area contributed by atoms with E-state index in [1.54, 1.807) is 12.2 Å². The van der Waals surface area contributed by atoms with Gasteiger partial charge in [-0.2, -0.15) is 13.2 Å². The number of ether oxygens (including phenoxy) is 1. The zero-order valence-electron chi connectivity index (χ0n) is 13.2. The molecule has 1 aliphatic rings. The maximum atomic E-state index is 12.7. The summed E-state index contributed by atoms with van der Waals surface area (Å²) in [6, 6.07) is 14.1. The summed E-state index contributed by atoms with van der Waals surface area (Å²) in [5, 5.41) is 0. The first-order valence-corrected chi connectivity index (χ1v) is 7.73. The molecule has 2 aromatic carbocycles. The highest BCUT2D eigenvalue weighted by atomic mass is 19.4. The maximum absolute atomic E-state index is 12.7. The Labute approximate surface area is 143 Å². The third-order valence-corrected chi connectivity index (χ3v) is 3.85. The summed E-state index contributed by atoms with van der Waals surface area (Å²) < 4.78 is 43.7. The van der Waals surface area contributed by atoms with Gasteiger partial charge >= 0.3 is 6.18 Å². The van der Waals surface area contributed by atoms with E-state index in [4.69, 9.17) is 4.74 Å². The zero-order valence-corrected chi connectivity index (χ0v) is 13.2. The zero-order chi connectivity index (χ0) is 17.9. The van der Waals surface area contributed by atoms with Crippen LogP contribution in [0.4, 0.5) is 13.2 Å². The van der Waals surface area contributed by atoms with Crippen molar-refractivity contribution in [3.05, 3.63) is 89.2 Å². The molecule has 1 aliphatic carbocycles. The molecule has 0 saturated heterocycles. The summed E-state index contributed by atoms with van der Waals surface area (Å²) in [5.41, 5.74) is 1.06. The molecule has 0 amide bonds. The fourth-order valence-corrected chi connectivity index (χ4v) is 2.51. The molecular weight excluding hydrogens is 329 g/mol. The topological polar surface area (TPSA) is 26.3 Å². The van der Waals surface area contributed by atoms with Gasteiger partial charge in [0.25, 0.3) is 0 Å². The van der Waals surface area contributed by atoms with E-state index in [-0.39, 0.29) is 12.2 Å². The Hall–Kier alpha value is -2.82. The molecule has 0 spiro atoms. The van der Waals surface area contributed by atoms with Gasteiger partial charge in [0.15, 0.2) is 5.78 Å². The predicted octanol–water partition coefficient (Wildman–Crippen LogP) is 5.16. The van der Waals surface area contributed by atoms with Gasteiger partial charge in [-0.1, -0.05) is 42.5 Å². The Kier molecular flexibility index (Phi) is 4.74. The first-order valence-electron chi connectivity index (χ1n) is 7.73. The van der Waals surface area contributed by atoms with Crippen molar-refractivity contribution in [3.63, 3.8) is 0 Å². The molecule has 2 aromatic rings. The molecular formula is C20H15F3O2. The minimum absolute atomic E-state index is 0.146. The lowest BCUT2D eigenvalue weighted by Gasteiger charge is -2.15.